The molecule has 3 rings (SSSR count). The van der Waals surface area contributed by atoms with E-state index in [1.54, 1.807) is 23.9 Å². The van der Waals surface area contributed by atoms with Crippen molar-refractivity contribution in [1.82, 2.24) is 9.78 Å². The van der Waals surface area contributed by atoms with Gasteiger partial charge >= 0.3 is 5.97 Å². The van der Waals surface area contributed by atoms with Crippen molar-refractivity contribution in [3.63, 3.8) is 0 Å². The number of hydrogen-bond acceptors (Lipinski definition) is 8. The normalized spacial score (nSPS) is 12.4. The number of aromatic nitrogens is 2. The Kier molecular flexibility index (Phi) is 4.96. The first-order valence-electron chi connectivity index (χ1n) is 8.30. The van der Waals surface area contributed by atoms with Gasteiger partial charge < -0.3 is 14.5 Å². The highest BCUT2D eigenvalue weighted by Gasteiger charge is 2.31. The fourth-order valence-electron chi connectivity index (χ4n) is 2.95. The summed E-state index contributed by atoms with van der Waals surface area (Å²) in [6.45, 7) is -0.617. The summed E-state index contributed by atoms with van der Waals surface area (Å²) in [4.78, 5) is 39.5. The maximum atomic E-state index is 12.6. The zero-order chi connectivity index (χ0) is 20.4. The van der Waals surface area contributed by atoms with E-state index in [-0.39, 0.29) is 16.8 Å². The van der Waals surface area contributed by atoms with Crippen LogP contribution in [0.1, 0.15) is 10.5 Å². The Morgan fingerprint density at radius 3 is 2.21 bits per heavy atom. The van der Waals surface area contributed by atoms with Gasteiger partial charge in [-0.1, -0.05) is 12.1 Å². The van der Waals surface area contributed by atoms with Crippen molar-refractivity contribution < 1.29 is 14.3 Å². The summed E-state index contributed by atoms with van der Waals surface area (Å²) in [5.74, 6) is -1.09. The molecule has 9 nitrogen and oxygen atoms in total. The zero-order valence-electron chi connectivity index (χ0n) is 15.5. The van der Waals surface area contributed by atoms with Gasteiger partial charge in [0, 0.05) is 27.2 Å². The van der Waals surface area contributed by atoms with Crippen LogP contribution in [0.15, 0.2) is 52.6 Å². The Morgan fingerprint density at radius 1 is 1.07 bits per heavy atom. The molecule has 0 amide bonds. The average Bonchev–Trinajstić information content (AvgIpc) is 2.94. The second-order valence-corrected chi connectivity index (χ2v) is 6.10. The number of para-hydroxylation sites is 2. The van der Waals surface area contributed by atoms with Crippen LogP contribution in [0.3, 0.4) is 0 Å². The molecule has 28 heavy (non-hydrogen) atoms. The number of fused-ring (bicyclic) bond motifs is 1. The molecule has 0 radical (unpaired) electrons. The van der Waals surface area contributed by atoms with Gasteiger partial charge in [0.2, 0.25) is 5.78 Å². The SMILES string of the molecule is CN1C(=C(C#N)C(=O)COC(=O)c2ccc(=O)n(C)n2)N(C)c2ccccc21. The van der Waals surface area contributed by atoms with E-state index >= 15 is 0 Å². The summed E-state index contributed by atoms with van der Waals surface area (Å²) >= 11 is 0. The molecule has 1 aliphatic rings. The highest BCUT2D eigenvalue weighted by Crippen LogP contribution is 2.40. The number of benzene rings is 1. The summed E-state index contributed by atoms with van der Waals surface area (Å²) in [5.41, 5.74) is 1.10. The summed E-state index contributed by atoms with van der Waals surface area (Å²) in [7, 11) is 4.90. The minimum absolute atomic E-state index is 0.108. The van der Waals surface area contributed by atoms with E-state index < -0.39 is 18.4 Å². The number of rotatable bonds is 4. The number of ether oxygens (including phenoxy) is 1. The summed E-state index contributed by atoms with van der Waals surface area (Å²) in [6.07, 6.45) is 0. The number of ketones is 1. The number of hydrogen-bond donors (Lipinski definition) is 0. The van der Waals surface area contributed by atoms with Crippen LogP contribution in [0.2, 0.25) is 0 Å². The van der Waals surface area contributed by atoms with Gasteiger partial charge in [0.1, 0.15) is 17.5 Å². The number of aryl methyl sites for hydroxylation is 1. The number of Topliss-reactive ketones (excluding diaryl/α,β-unsaturated/α-hetero) is 1. The Bertz CT molecular complexity index is 1060. The van der Waals surface area contributed by atoms with Crippen LogP contribution in [0.5, 0.6) is 0 Å². The molecule has 1 aliphatic heterocycles. The van der Waals surface area contributed by atoms with Gasteiger partial charge in [-0.25, -0.2) is 9.48 Å². The first-order chi connectivity index (χ1) is 13.3. The first kappa shape index (κ1) is 18.8. The number of nitriles is 1. The van der Waals surface area contributed by atoms with Gasteiger partial charge in [-0.15, -0.1) is 0 Å². The van der Waals surface area contributed by atoms with Crippen molar-refractivity contribution in [3.8, 4) is 6.07 Å². The highest BCUT2D eigenvalue weighted by molar-refractivity contribution is 6.04. The van der Waals surface area contributed by atoms with E-state index in [2.05, 4.69) is 5.10 Å². The molecule has 0 saturated heterocycles. The predicted molar refractivity (Wildman–Crippen MR) is 101 cm³/mol. The Morgan fingerprint density at radius 2 is 1.68 bits per heavy atom. The number of carbonyl (C=O) groups excluding carboxylic acids is 2. The maximum Gasteiger partial charge on any atom is 0.359 e. The molecule has 0 aliphatic carbocycles. The van der Waals surface area contributed by atoms with Crippen molar-refractivity contribution in [2.75, 3.05) is 30.5 Å². The lowest BCUT2D eigenvalue weighted by atomic mass is 10.2. The molecule has 0 bridgehead atoms. The number of nitrogens with zero attached hydrogens (tertiary/aromatic N) is 5. The summed E-state index contributed by atoms with van der Waals surface area (Å²) in [5, 5.41) is 13.3. The van der Waals surface area contributed by atoms with Crippen molar-refractivity contribution in [2.45, 2.75) is 0 Å². The fourth-order valence-corrected chi connectivity index (χ4v) is 2.95. The highest BCUT2D eigenvalue weighted by atomic mass is 16.5. The van der Waals surface area contributed by atoms with Crippen molar-refractivity contribution >= 4 is 23.1 Å². The quantitative estimate of drug-likeness (QED) is 0.437. The lowest BCUT2D eigenvalue weighted by Gasteiger charge is -2.19. The van der Waals surface area contributed by atoms with Gasteiger partial charge in [-0.05, 0) is 18.2 Å². The molecule has 1 aromatic carbocycles. The minimum Gasteiger partial charge on any atom is -0.452 e. The van der Waals surface area contributed by atoms with Crippen LogP contribution in [-0.4, -0.2) is 42.2 Å². The van der Waals surface area contributed by atoms with E-state index in [0.29, 0.717) is 5.82 Å². The first-order valence-corrected chi connectivity index (χ1v) is 8.30. The second kappa shape index (κ2) is 7.36. The monoisotopic (exact) mass is 379 g/mol. The Balaban J connectivity index is 1.80. The molecule has 2 aromatic rings. The third-order valence-corrected chi connectivity index (χ3v) is 4.36. The molecule has 2 heterocycles. The number of carbonyl (C=O) groups is 2. The minimum atomic E-state index is -0.859. The van der Waals surface area contributed by atoms with Crippen LogP contribution in [0.4, 0.5) is 11.4 Å². The van der Waals surface area contributed by atoms with Crippen molar-refractivity contribution in [2.24, 2.45) is 7.05 Å². The largest absolute Gasteiger partial charge is 0.452 e. The Hall–Kier alpha value is -3.93. The molecule has 1 aromatic heterocycles. The molecular formula is C19H17N5O4. The van der Waals surface area contributed by atoms with E-state index in [1.165, 1.54) is 19.2 Å². The van der Waals surface area contributed by atoms with Crippen LogP contribution in [0.25, 0.3) is 0 Å². The van der Waals surface area contributed by atoms with Gasteiger partial charge in [0.05, 0.1) is 11.4 Å². The molecule has 0 atom stereocenters. The lowest BCUT2D eigenvalue weighted by Crippen LogP contribution is -2.28. The van der Waals surface area contributed by atoms with Crippen LogP contribution >= 0.6 is 0 Å². The predicted octanol–water partition coefficient (Wildman–Crippen LogP) is 0.828. The molecule has 9 heteroatoms. The van der Waals surface area contributed by atoms with Crippen molar-refractivity contribution in [1.29, 1.82) is 5.26 Å². The van der Waals surface area contributed by atoms with Crippen LogP contribution in [0, 0.1) is 11.3 Å². The maximum absolute atomic E-state index is 12.6. The smallest absolute Gasteiger partial charge is 0.359 e. The molecule has 142 valence electrons. The standard InChI is InChI=1S/C19H17N5O4/c1-22-14-6-4-5-7-15(14)23(2)18(22)12(10-20)16(25)11-28-19(27)13-8-9-17(26)24(3)21-13/h4-9H,11H2,1-3H3. The average molecular weight is 379 g/mol. The van der Waals surface area contributed by atoms with E-state index in [9.17, 15) is 19.6 Å². The molecule has 0 fully saturated rings. The zero-order valence-corrected chi connectivity index (χ0v) is 15.5. The molecule has 0 spiro atoms. The summed E-state index contributed by atoms with van der Waals surface area (Å²) in [6, 6.07) is 11.8. The molecule has 0 saturated carbocycles. The lowest BCUT2D eigenvalue weighted by molar-refractivity contribution is -0.118. The Labute approximate surface area is 160 Å². The number of anilines is 2. The fraction of sp³-hybridized carbons (Fsp3) is 0.211. The van der Waals surface area contributed by atoms with E-state index in [1.807, 2.05) is 30.3 Å². The second-order valence-electron chi connectivity index (χ2n) is 6.10. The van der Waals surface area contributed by atoms with Crippen LogP contribution < -0.4 is 15.4 Å². The van der Waals surface area contributed by atoms with Crippen LogP contribution in [-0.2, 0) is 16.6 Å². The third kappa shape index (κ3) is 3.23. The third-order valence-electron chi connectivity index (χ3n) is 4.36. The van der Waals surface area contributed by atoms with Gasteiger partial charge in [0.15, 0.2) is 12.3 Å². The number of esters is 1. The van der Waals surface area contributed by atoms with E-state index in [4.69, 9.17) is 4.74 Å². The van der Waals surface area contributed by atoms with Gasteiger partial charge in [-0.2, -0.15) is 10.4 Å². The summed E-state index contributed by atoms with van der Waals surface area (Å²) < 4.78 is 5.97. The van der Waals surface area contributed by atoms with Gasteiger partial charge in [-0.3, -0.25) is 9.59 Å². The van der Waals surface area contributed by atoms with E-state index in [0.717, 1.165) is 16.1 Å². The molecule has 0 N–H and O–H groups in total. The topological polar surface area (TPSA) is 109 Å². The molecular weight excluding hydrogens is 362 g/mol. The molecule has 0 unspecified atom stereocenters. The van der Waals surface area contributed by atoms with Gasteiger partial charge in [0.25, 0.3) is 5.56 Å². The van der Waals surface area contributed by atoms with Crippen molar-refractivity contribution in [3.05, 3.63) is 63.8 Å².